The third kappa shape index (κ3) is 2.59. The van der Waals surface area contributed by atoms with Crippen LogP contribution in [0.3, 0.4) is 0 Å². The minimum Gasteiger partial charge on any atom is -0.266 e. The molecule has 1 aromatic carbocycles. The Morgan fingerprint density at radius 1 is 1.50 bits per heavy atom. The molecule has 0 radical (unpaired) electrons. The predicted molar refractivity (Wildman–Crippen MR) is 62.4 cm³/mol. The van der Waals surface area contributed by atoms with Crippen LogP contribution in [0.25, 0.3) is 0 Å². The van der Waals surface area contributed by atoms with Crippen molar-refractivity contribution >= 4 is 23.1 Å². The molecular weight excluding hydrogens is 225 g/mol. The lowest BCUT2D eigenvalue weighted by Gasteiger charge is -2.00. The molecule has 1 aromatic heterocycles. The summed E-state index contributed by atoms with van der Waals surface area (Å²) in [5.74, 6) is -0.248. The van der Waals surface area contributed by atoms with Crippen molar-refractivity contribution in [3.05, 3.63) is 48.0 Å². The van der Waals surface area contributed by atoms with Gasteiger partial charge in [0.1, 0.15) is 11.5 Å². The summed E-state index contributed by atoms with van der Waals surface area (Å²) in [6.07, 6.45) is 3.31. The Morgan fingerprint density at radius 3 is 3.12 bits per heavy atom. The fourth-order valence-corrected chi connectivity index (χ4v) is 1.48. The molecule has 0 spiro atoms. The van der Waals surface area contributed by atoms with Gasteiger partial charge in [-0.15, -0.1) is 0 Å². The van der Waals surface area contributed by atoms with Crippen molar-refractivity contribution in [3.8, 4) is 0 Å². The van der Waals surface area contributed by atoms with Gasteiger partial charge in [-0.3, -0.25) is 4.68 Å². The SMILES string of the molecule is Fc1cccc(Cn2cc(N=C=S)cn2)c1. The Balaban J connectivity index is 2.17. The zero-order valence-corrected chi connectivity index (χ0v) is 9.12. The molecule has 0 aliphatic heterocycles. The Bertz CT molecular complexity index is 544. The minimum atomic E-state index is -0.248. The molecule has 0 N–H and O–H groups in total. The molecule has 2 rings (SSSR count). The van der Waals surface area contributed by atoms with Crippen LogP contribution >= 0.6 is 12.2 Å². The van der Waals surface area contributed by atoms with E-state index in [0.717, 1.165) is 5.56 Å². The van der Waals surface area contributed by atoms with E-state index in [1.54, 1.807) is 23.1 Å². The van der Waals surface area contributed by atoms with Gasteiger partial charge in [-0.25, -0.2) is 4.39 Å². The Hall–Kier alpha value is -1.84. The number of benzene rings is 1. The number of halogens is 1. The molecule has 2 aromatic rings. The van der Waals surface area contributed by atoms with Gasteiger partial charge in [0.05, 0.1) is 24.1 Å². The summed E-state index contributed by atoms with van der Waals surface area (Å²) in [5, 5.41) is 6.34. The Labute approximate surface area is 97.2 Å². The van der Waals surface area contributed by atoms with E-state index in [1.807, 2.05) is 6.07 Å². The second-order valence-corrected chi connectivity index (χ2v) is 3.41. The van der Waals surface area contributed by atoms with Crippen LogP contribution in [0.1, 0.15) is 5.56 Å². The zero-order valence-electron chi connectivity index (χ0n) is 8.30. The highest BCUT2D eigenvalue weighted by Crippen LogP contribution is 2.11. The van der Waals surface area contributed by atoms with Crippen LogP contribution in [-0.2, 0) is 6.54 Å². The van der Waals surface area contributed by atoms with Gasteiger partial charge in [0, 0.05) is 0 Å². The summed E-state index contributed by atoms with van der Waals surface area (Å²) in [4.78, 5) is 3.79. The van der Waals surface area contributed by atoms with Crippen molar-refractivity contribution in [1.82, 2.24) is 9.78 Å². The van der Waals surface area contributed by atoms with E-state index in [4.69, 9.17) is 0 Å². The van der Waals surface area contributed by atoms with Crippen LogP contribution in [0.2, 0.25) is 0 Å². The number of aliphatic imine (C=N–C) groups is 1. The quantitative estimate of drug-likeness (QED) is 0.602. The smallest absolute Gasteiger partial charge is 0.123 e. The normalized spacial score (nSPS) is 9.81. The second kappa shape index (κ2) is 4.79. The van der Waals surface area contributed by atoms with Gasteiger partial charge >= 0.3 is 0 Å². The van der Waals surface area contributed by atoms with Crippen LogP contribution in [0, 0.1) is 5.82 Å². The van der Waals surface area contributed by atoms with Crippen molar-refractivity contribution in [1.29, 1.82) is 0 Å². The van der Waals surface area contributed by atoms with E-state index >= 15 is 0 Å². The van der Waals surface area contributed by atoms with E-state index in [9.17, 15) is 4.39 Å². The first-order chi connectivity index (χ1) is 7.78. The largest absolute Gasteiger partial charge is 0.266 e. The highest BCUT2D eigenvalue weighted by atomic mass is 32.1. The van der Waals surface area contributed by atoms with E-state index in [-0.39, 0.29) is 5.82 Å². The summed E-state index contributed by atoms with van der Waals surface area (Å²) in [5.41, 5.74) is 1.49. The summed E-state index contributed by atoms with van der Waals surface area (Å²) in [6.45, 7) is 0.505. The molecule has 0 saturated carbocycles. The van der Waals surface area contributed by atoms with Crippen LogP contribution in [0.15, 0.2) is 41.7 Å². The molecule has 0 bridgehead atoms. The maximum atomic E-state index is 12.9. The third-order valence-electron chi connectivity index (χ3n) is 2.03. The molecule has 5 heteroatoms. The molecule has 0 saturated heterocycles. The number of thiocarbonyl (C=S) groups is 1. The third-order valence-corrected chi connectivity index (χ3v) is 2.12. The molecule has 80 valence electrons. The molecular formula is C11H8FN3S. The van der Waals surface area contributed by atoms with E-state index in [2.05, 4.69) is 27.5 Å². The van der Waals surface area contributed by atoms with Crippen molar-refractivity contribution in [2.45, 2.75) is 6.54 Å². The molecule has 16 heavy (non-hydrogen) atoms. The van der Waals surface area contributed by atoms with Crippen LogP contribution < -0.4 is 0 Å². The Morgan fingerprint density at radius 2 is 2.38 bits per heavy atom. The lowest BCUT2D eigenvalue weighted by Crippen LogP contribution is -1.99. The fraction of sp³-hybridized carbons (Fsp3) is 0.0909. The van der Waals surface area contributed by atoms with Crippen molar-refractivity contribution in [2.24, 2.45) is 4.99 Å². The minimum absolute atomic E-state index is 0.248. The highest BCUT2D eigenvalue weighted by molar-refractivity contribution is 7.78. The van der Waals surface area contributed by atoms with Crippen molar-refractivity contribution in [2.75, 3.05) is 0 Å². The topological polar surface area (TPSA) is 30.2 Å². The number of isothiocyanates is 1. The average Bonchev–Trinajstić information content (AvgIpc) is 2.66. The number of aromatic nitrogens is 2. The van der Waals surface area contributed by atoms with Gasteiger partial charge in [-0.2, -0.15) is 10.1 Å². The summed E-state index contributed by atoms with van der Waals surface area (Å²) in [7, 11) is 0. The van der Waals surface area contributed by atoms with Gasteiger partial charge in [-0.1, -0.05) is 12.1 Å². The van der Waals surface area contributed by atoms with Gasteiger partial charge in [0.25, 0.3) is 0 Å². The molecule has 0 amide bonds. The van der Waals surface area contributed by atoms with Crippen LogP contribution in [0.4, 0.5) is 10.1 Å². The molecule has 0 aliphatic carbocycles. The number of rotatable bonds is 3. The summed E-state index contributed by atoms with van der Waals surface area (Å²) in [6, 6.07) is 6.40. The standard InChI is InChI=1S/C11H8FN3S/c12-10-3-1-2-9(4-10)6-15-7-11(5-14-15)13-8-16/h1-5,7H,6H2. The molecule has 1 heterocycles. The second-order valence-electron chi connectivity index (χ2n) is 3.23. The first kappa shape index (κ1) is 10.7. The molecule has 0 atom stereocenters. The summed E-state index contributed by atoms with van der Waals surface area (Å²) >= 11 is 4.49. The van der Waals surface area contributed by atoms with Gasteiger partial charge in [-0.05, 0) is 29.9 Å². The first-order valence-corrected chi connectivity index (χ1v) is 5.03. The van der Waals surface area contributed by atoms with Crippen molar-refractivity contribution < 1.29 is 4.39 Å². The lowest BCUT2D eigenvalue weighted by molar-refractivity contribution is 0.619. The molecule has 3 nitrogen and oxygen atoms in total. The van der Waals surface area contributed by atoms with E-state index in [1.165, 1.54) is 12.1 Å². The van der Waals surface area contributed by atoms with Crippen molar-refractivity contribution in [3.63, 3.8) is 0 Å². The monoisotopic (exact) mass is 233 g/mol. The first-order valence-electron chi connectivity index (χ1n) is 4.63. The average molecular weight is 233 g/mol. The zero-order chi connectivity index (χ0) is 11.4. The lowest BCUT2D eigenvalue weighted by atomic mass is 10.2. The molecule has 0 aliphatic rings. The van der Waals surface area contributed by atoms with Gasteiger partial charge < -0.3 is 0 Å². The summed E-state index contributed by atoms with van der Waals surface area (Å²) < 4.78 is 14.6. The maximum Gasteiger partial charge on any atom is 0.123 e. The number of hydrogen-bond acceptors (Lipinski definition) is 3. The van der Waals surface area contributed by atoms with Crippen LogP contribution in [-0.4, -0.2) is 14.9 Å². The van der Waals surface area contributed by atoms with Gasteiger partial charge in [0.15, 0.2) is 0 Å². The molecule has 0 fully saturated rings. The maximum absolute atomic E-state index is 12.9. The van der Waals surface area contributed by atoms with E-state index < -0.39 is 0 Å². The highest BCUT2D eigenvalue weighted by Gasteiger charge is 1.99. The van der Waals surface area contributed by atoms with Gasteiger partial charge in [0.2, 0.25) is 0 Å². The van der Waals surface area contributed by atoms with E-state index in [0.29, 0.717) is 12.2 Å². The number of nitrogens with zero attached hydrogens (tertiary/aromatic N) is 3. The number of hydrogen-bond donors (Lipinski definition) is 0. The van der Waals surface area contributed by atoms with Crippen LogP contribution in [0.5, 0.6) is 0 Å². The Kier molecular flexibility index (Phi) is 3.19. The molecule has 0 unspecified atom stereocenters. The fourth-order valence-electron chi connectivity index (χ4n) is 1.37. The predicted octanol–water partition coefficient (Wildman–Crippen LogP) is 2.80.